The van der Waals surface area contributed by atoms with Gasteiger partial charge in [0.05, 0.1) is 0 Å². The summed E-state index contributed by atoms with van der Waals surface area (Å²) >= 11 is 1.60. The number of allylic oxidation sites excluding steroid dienone is 1. The molecule has 0 aromatic rings. The molecular formula is C6H12N2S. The lowest BCUT2D eigenvalue weighted by atomic mass is 10.7. The van der Waals surface area contributed by atoms with Gasteiger partial charge in [-0.15, -0.1) is 0 Å². The molecule has 0 radical (unpaired) electrons. The SMILES string of the molecule is C/C=C\NC(=NC)SC. The summed E-state index contributed by atoms with van der Waals surface area (Å²) in [5.41, 5.74) is 0. The zero-order valence-corrected chi connectivity index (χ0v) is 6.83. The molecule has 0 aliphatic heterocycles. The summed E-state index contributed by atoms with van der Waals surface area (Å²) in [6.07, 6.45) is 5.78. The molecule has 0 aliphatic carbocycles. The highest BCUT2D eigenvalue weighted by Gasteiger charge is 1.85. The first-order chi connectivity index (χ1) is 4.35. The monoisotopic (exact) mass is 144 g/mol. The molecule has 0 unspecified atom stereocenters. The van der Waals surface area contributed by atoms with Crippen molar-refractivity contribution >= 4 is 16.9 Å². The quantitative estimate of drug-likeness (QED) is 0.445. The number of hydrogen-bond acceptors (Lipinski definition) is 2. The molecule has 0 spiro atoms. The zero-order valence-electron chi connectivity index (χ0n) is 6.01. The number of hydrogen-bond donors (Lipinski definition) is 1. The van der Waals surface area contributed by atoms with Gasteiger partial charge >= 0.3 is 0 Å². The van der Waals surface area contributed by atoms with Crippen LogP contribution in [0.15, 0.2) is 17.3 Å². The summed E-state index contributed by atoms with van der Waals surface area (Å²) in [6, 6.07) is 0. The van der Waals surface area contributed by atoms with E-state index in [1.54, 1.807) is 18.8 Å². The second-order valence-electron chi connectivity index (χ2n) is 1.38. The van der Waals surface area contributed by atoms with Gasteiger partial charge in [0.25, 0.3) is 0 Å². The predicted molar refractivity (Wildman–Crippen MR) is 44.8 cm³/mol. The van der Waals surface area contributed by atoms with Gasteiger partial charge in [0.1, 0.15) is 0 Å². The Bertz CT molecular complexity index is 118. The summed E-state index contributed by atoms with van der Waals surface area (Å²) in [5, 5.41) is 3.94. The van der Waals surface area contributed by atoms with Gasteiger partial charge in [-0.25, -0.2) is 0 Å². The third kappa shape index (κ3) is 4.09. The Hall–Kier alpha value is -0.440. The average molecular weight is 144 g/mol. The predicted octanol–water partition coefficient (Wildman–Crippen LogP) is 1.46. The van der Waals surface area contributed by atoms with E-state index in [1.165, 1.54) is 0 Å². The number of rotatable bonds is 1. The number of thioether (sulfide) groups is 1. The van der Waals surface area contributed by atoms with E-state index in [0.717, 1.165) is 5.17 Å². The first kappa shape index (κ1) is 8.56. The Morgan fingerprint density at radius 3 is 2.67 bits per heavy atom. The van der Waals surface area contributed by atoms with Crippen LogP contribution in [0.4, 0.5) is 0 Å². The molecule has 0 rings (SSSR count). The van der Waals surface area contributed by atoms with Crippen LogP contribution in [0.1, 0.15) is 6.92 Å². The molecule has 0 saturated carbocycles. The van der Waals surface area contributed by atoms with Gasteiger partial charge < -0.3 is 5.32 Å². The first-order valence-corrected chi connectivity index (χ1v) is 3.96. The van der Waals surface area contributed by atoms with Crippen LogP contribution >= 0.6 is 11.8 Å². The van der Waals surface area contributed by atoms with E-state index in [4.69, 9.17) is 0 Å². The molecule has 2 nitrogen and oxygen atoms in total. The van der Waals surface area contributed by atoms with E-state index in [0.29, 0.717) is 0 Å². The van der Waals surface area contributed by atoms with Crippen molar-refractivity contribution in [1.82, 2.24) is 5.32 Å². The highest BCUT2D eigenvalue weighted by Crippen LogP contribution is 1.92. The van der Waals surface area contributed by atoms with Crippen LogP contribution in [0.3, 0.4) is 0 Å². The van der Waals surface area contributed by atoms with Crippen molar-refractivity contribution in [2.75, 3.05) is 13.3 Å². The minimum Gasteiger partial charge on any atom is -0.342 e. The van der Waals surface area contributed by atoms with Gasteiger partial charge in [0.15, 0.2) is 5.17 Å². The third-order valence-corrected chi connectivity index (χ3v) is 1.46. The van der Waals surface area contributed by atoms with E-state index in [1.807, 2.05) is 25.5 Å². The van der Waals surface area contributed by atoms with Crippen molar-refractivity contribution in [2.45, 2.75) is 6.92 Å². The van der Waals surface area contributed by atoms with E-state index in [-0.39, 0.29) is 0 Å². The Kier molecular flexibility index (Phi) is 5.41. The van der Waals surface area contributed by atoms with Crippen LogP contribution in [0.2, 0.25) is 0 Å². The maximum absolute atomic E-state index is 3.96. The Morgan fingerprint density at radius 1 is 1.67 bits per heavy atom. The number of nitrogens with zero attached hydrogens (tertiary/aromatic N) is 1. The van der Waals surface area contributed by atoms with Gasteiger partial charge in [0.2, 0.25) is 0 Å². The lowest BCUT2D eigenvalue weighted by Crippen LogP contribution is -2.11. The summed E-state index contributed by atoms with van der Waals surface area (Å²) in [6.45, 7) is 1.96. The average Bonchev–Trinajstić information content (AvgIpc) is 1.91. The molecule has 9 heavy (non-hydrogen) atoms. The van der Waals surface area contributed by atoms with Gasteiger partial charge in [-0.2, -0.15) is 0 Å². The smallest absolute Gasteiger partial charge is 0.159 e. The first-order valence-electron chi connectivity index (χ1n) is 2.73. The normalized spacial score (nSPS) is 12.6. The Morgan fingerprint density at radius 2 is 2.33 bits per heavy atom. The topological polar surface area (TPSA) is 24.4 Å². The van der Waals surface area contributed by atoms with Crippen LogP contribution in [0.5, 0.6) is 0 Å². The Balaban J connectivity index is 3.58. The van der Waals surface area contributed by atoms with Crippen LogP contribution in [-0.2, 0) is 0 Å². The van der Waals surface area contributed by atoms with Gasteiger partial charge in [0, 0.05) is 7.05 Å². The number of amidine groups is 1. The number of aliphatic imine (C=N–C) groups is 1. The van der Waals surface area contributed by atoms with Crippen LogP contribution in [-0.4, -0.2) is 18.5 Å². The lowest BCUT2D eigenvalue weighted by molar-refractivity contribution is 1.26. The molecule has 0 bridgehead atoms. The van der Waals surface area contributed by atoms with Crippen molar-refractivity contribution in [3.63, 3.8) is 0 Å². The van der Waals surface area contributed by atoms with E-state index in [9.17, 15) is 0 Å². The maximum atomic E-state index is 3.96. The summed E-state index contributed by atoms with van der Waals surface area (Å²) in [5.74, 6) is 0. The molecular weight excluding hydrogens is 132 g/mol. The molecule has 0 aromatic carbocycles. The van der Waals surface area contributed by atoms with Crippen molar-refractivity contribution in [1.29, 1.82) is 0 Å². The standard InChI is InChI=1S/C6H12N2S/c1-4-5-8-6(7-2)9-3/h4-5H,1-3H3,(H,7,8)/b5-4-. The molecule has 0 amide bonds. The third-order valence-electron chi connectivity index (χ3n) is 0.770. The largest absolute Gasteiger partial charge is 0.342 e. The van der Waals surface area contributed by atoms with Crippen LogP contribution < -0.4 is 5.32 Å². The fraction of sp³-hybridized carbons (Fsp3) is 0.500. The second kappa shape index (κ2) is 5.69. The molecule has 52 valence electrons. The van der Waals surface area contributed by atoms with Crippen molar-refractivity contribution in [3.8, 4) is 0 Å². The summed E-state index contributed by atoms with van der Waals surface area (Å²) < 4.78 is 0. The van der Waals surface area contributed by atoms with Crippen molar-refractivity contribution in [2.24, 2.45) is 4.99 Å². The molecule has 3 heteroatoms. The highest BCUT2D eigenvalue weighted by molar-refractivity contribution is 8.13. The molecule has 0 aliphatic rings. The Labute approximate surface area is 60.4 Å². The van der Waals surface area contributed by atoms with Gasteiger partial charge in [-0.05, 0) is 19.4 Å². The highest BCUT2D eigenvalue weighted by atomic mass is 32.2. The van der Waals surface area contributed by atoms with Crippen LogP contribution in [0.25, 0.3) is 0 Å². The number of nitrogens with one attached hydrogen (secondary N) is 1. The molecule has 0 atom stereocenters. The fourth-order valence-electron chi connectivity index (χ4n) is 0.369. The molecule has 1 N–H and O–H groups in total. The van der Waals surface area contributed by atoms with Gasteiger partial charge in [-0.1, -0.05) is 17.8 Å². The molecule has 0 aromatic heterocycles. The van der Waals surface area contributed by atoms with Crippen LogP contribution in [0, 0.1) is 0 Å². The van der Waals surface area contributed by atoms with E-state index < -0.39 is 0 Å². The minimum atomic E-state index is 0.938. The summed E-state index contributed by atoms with van der Waals surface area (Å²) in [7, 11) is 1.77. The van der Waals surface area contributed by atoms with Gasteiger partial charge in [-0.3, -0.25) is 4.99 Å². The lowest BCUT2D eigenvalue weighted by Gasteiger charge is -1.97. The van der Waals surface area contributed by atoms with Crippen molar-refractivity contribution < 1.29 is 0 Å². The zero-order chi connectivity index (χ0) is 7.11. The minimum absolute atomic E-state index is 0.938. The fourth-order valence-corrected chi connectivity index (χ4v) is 0.738. The maximum Gasteiger partial charge on any atom is 0.159 e. The van der Waals surface area contributed by atoms with Crippen molar-refractivity contribution in [3.05, 3.63) is 12.3 Å². The molecule has 0 saturated heterocycles. The van der Waals surface area contributed by atoms with E-state index >= 15 is 0 Å². The van der Waals surface area contributed by atoms with E-state index in [2.05, 4.69) is 10.3 Å². The second-order valence-corrected chi connectivity index (χ2v) is 2.17. The molecule has 0 fully saturated rings. The molecule has 0 heterocycles. The summed E-state index contributed by atoms with van der Waals surface area (Å²) in [4.78, 5) is 3.96.